The van der Waals surface area contributed by atoms with Crippen molar-refractivity contribution in [3.8, 4) is 5.75 Å². The Morgan fingerprint density at radius 3 is 2.56 bits per heavy atom. The molecule has 4 N–H and O–H groups in total. The molecule has 18 heavy (non-hydrogen) atoms. The molecule has 4 nitrogen and oxygen atoms in total. The number of amides is 1. The average Bonchev–Trinajstić information content (AvgIpc) is 2.24. The van der Waals surface area contributed by atoms with Gasteiger partial charge in [-0.15, -0.1) is 0 Å². The Labute approximate surface area is 102 Å². The van der Waals surface area contributed by atoms with E-state index in [1.165, 1.54) is 18.2 Å². The first-order valence-corrected chi connectivity index (χ1v) is 5.18. The second-order valence-corrected chi connectivity index (χ2v) is 3.69. The van der Waals surface area contributed by atoms with Crippen LogP contribution in [-0.2, 0) is 0 Å². The van der Waals surface area contributed by atoms with Crippen LogP contribution in [0, 0.1) is 0 Å². The van der Waals surface area contributed by atoms with Gasteiger partial charge in [-0.1, -0.05) is 0 Å². The maximum Gasteiger partial charge on any atom is 0.389 e. The van der Waals surface area contributed by atoms with Gasteiger partial charge in [0.15, 0.2) is 0 Å². The monoisotopic (exact) mass is 262 g/mol. The minimum absolute atomic E-state index is 0.0574. The lowest BCUT2D eigenvalue weighted by Crippen LogP contribution is -2.15. The molecule has 0 saturated carbocycles. The molecule has 0 aliphatic carbocycles. The van der Waals surface area contributed by atoms with Gasteiger partial charge in [-0.3, -0.25) is 4.79 Å². The molecule has 0 heterocycles. The molecule has 0 fully saturated rings. The highest BCUT2D eigenvalue weighted by atomic mass is 19.4. The Kier molecular flexibility index (Phi) is 4.41. The molecule has 1 aromatic rings. The van der Waals surface area contributed by atoms with Crippen molar-refractivity contribution < 1.29 is 22.7 Å². The summed E-state index contributed by atoms with van der Waals surface area (Å²) in [5, 5.41) is 0. The largest absolute Gasteiger partial charge is 0.493 e. The molecule has 0 radical (unpaired) electrons. The van der Waals surface area contributed by atoms with Crippen LogP contribution >= 0.6 is 0 Å². The van der Waals surface area contributed by atoms with E-state index in [1.807, 2.05) is 0 Å². The predicted octanol–water partition coefficient (Wildman–Crippen LogP) is 2.09. The van der Waals surface area contributed by atoms with Crippen LogP contribution in [0.2, 0.25) is 0 Å². The van der Waals surface area contributed by atoms with E-state index in [0.717, 1.165) is 0 Å². The molecule has 0 aliphatic rings. The summed E-state index contributed by atoms with van der Waals surface area (Å²) in [6, 6.07) is 4.20. The third kappa shape index (κ3) is 4.52. The molecule has 7 heteroatoms. The minimum Gasteiger partial charge on any atom is -0.493 e. The summed E-state index contributed by atoms with van der Waals surface area (Å²) in [5.74, 6) is -0.605. The fraction of sp³-hybridized carbons (Fsp3) is 0.364. The standard InChI is InChI=1S/C11H13F3N2O2/c12-11(13,14)4-1-5-18-9-3-2-7(15)6-8(9)10(16)17/h2-3,6H,1,4-5,15H2,(H2,16,17). The third-order valence-electron chi connectivity index (χ3n) is 2.13. The summed E-state index contributed by atoms with van der Waals surface area (Å²) >= 11 is 0. The normalized spacial score (nSPS) is 11.3. The first-order chi connectivity index (χ1) is 8.29. The fourth-order valence-corrected chi connectivity index (χ4v) is 1.32. The SMILES string of the molecule is NC(=O)c1cc(N)ccc1OCCCC(F)(F)F. The fourth-order valence-electron chi connectivity index (χ4n) is 1.32. The molecule has 0 bridgehead atoms. The summed E-state index contributed by atoms with van der Waals surface area (Å²) in [6.45, 7) is -0.149. The van der Waals surface area contributed by atoms with Gasteiger partial charge in [-0.2, -0.15) is 13.2 Å². The number of anilines is 1. The van der Waals surface area contributed by atoms with Gasteiger partial charge in [-0.05, 0) is 24.6 Å². The van der Waals surface area contributed by atoms with E-state index >= 15 is 0 Å². The van der Waals surface area contributed by atoms with Gasteiger partial charge in [0, 0.05) is 12.1 Å². The molecule has 1 rings (SSSR count). The molecule has 0 unspecified atom stereocenters. The van der Waals surface area contributed by atoms with Gasteiger partial charge in [0.2, 0.25) is 0 Å². The van der Waals surface area contributed by atoms with Crippen LogP contribution in [0.4, 0.5) is 18.9 Å². The predicted molar refractivity (Wildman–Crippen MR) is 60.2 cm³/mol. The van der Waals surface area contributed by atoms with Crippen molar-refractivity contribution in [1.82, 2.24) is 0 Å². The number of nitrogens with two attached hydrogens (primary N) is 2. The smallest absolute Gasteiger partial charge is 0.389 e. The highest BCUT2D eigenvalue weighted by Crippen LogP contribution is 2.23. The zero-order valence-electron chi connectivity index (χ0n) is 9.46. The number of benzene rings is 1. The Morgan fingerprint density at radius 1 is 1.33 bits per heavy atom. The van der Waals surface area contributed by atoms with Gasteiger partial charge < -0.3 is 16.2 Å². The Hall–Kier alpha value is -1.92. The number of rotatable bonds is 5. The second kappa shape index (κ2) is 5.61. The molecular weight excluding hydrogens is 249 g/mol. The minimum atomic E-state index is -4.21. The van der Waals surface area contributed by atoms with Crippen LogP contribution in [-0.4, -0.2) is 18.7 Å². The maximum atomic E-state index is 11.9. The number of carbonyl (C=O) groups excluding carboxylic acids is 1. The number of ether oxygens (including phenoxy) is 1. The summed E-state index contributed by atoms with van der Waals surface area (Å²) in [5.41, 5.74) is 11.0. The zero-order chi connectivity index (χ0) is 13.8. The van der Waals surface area contributed by atoms with E-state index in [4.69, 9.17) is 16.2 Å². The quantitative estimate of drug-likeness (QED) is 0.630. The van der Waals surface area contributed by atoms with E-state index in [0.29, 0.717) is 5.69 Å². The molecule has 0 aliphatic heterocycles. The van der Waals surface area contributed by atoms with E-state index in [9.17, 15) is 18.0 Å². The third-order valence-corrected chi connectivity index (χ3v) is 2.13. The van der Waals surface area contributed by atoms with Crippen molar-refractivity contribution in [2.75, 3.05) is 12.3 Å². The molecule has 0 aromatic heterocycles. The molecule has 0 saturated heterocycles. The lowest BCUT2D eigenvalue weighted by Gasteiger charge is -2.11. The zero-order valence-corrected chi connectivity index (χ0v) is 9.46. The van der Waals surface area contributed by atoms with Gasteiger partial charge in [-0.25, -0.2) is 0 Å². The van der Waals surface area contributed by atoms with Gasteiger partial charge >= 0.3 is 6.18 Å². The van der Waals surface area contributed by atoms with Crippen LogP contribution < -0.4 is 16.2 Å². The van der Waals surface area contributed by atoms with E-state index < -0.39 is 18.5 Å². The molecule has 0 atom stereocenters. The van der Waals surface area contributed by atoms with Crippen LogP contribution in [0.1, 0.15) is 23.2 Å². The lowest BCUT2D eigenvalue weighted by atomic mass is 10.1. The first kappa shape index (κ1) is 14.1. The first-order valence-electron chi connectivity index (χ1n) is 5.18. The second-order valence-electron chi connectivity index (χ2n) is 3.69. The Bertz CT molecular complexity index is 433. The summed E-state index contributed by atoms with van der Waals surface area (Å²) in [7, 11) is 0. The van der Waals surface area contributed by atoms with Crippen LogP contribution in [0.5, 0.6) is 5.75 Å². The number of primary amides is 1. The Morgan fingerprint density at radius 2 is 2.00 bits per heavy atom. The average molecular weight is 262 g/mol. The van der Waals surface area contributed by atoms with Crippen LogP contribution in [0.3, 0.4) is 0 Å². The van der Waals surface area contributed by atoms with Crippen molar-refractivity contribution >= 4 is 11.6 Å². The van der Waals surface area contributed by atoms with Crippen molar-refractivity contribution in [2.24, 2.45) is 5.73 Å². The molecular formula is C11H13F3N2O2. The molecule has 0 spiro atoms. The Balaban J connectivity index is 2.59. The van der Waals surface area contributed by atoms with Crippen molar-refractivity contribution in [1.29, 1.82) is 0 Å². The van der Waals surface area contributed by atoms with Gasteiger partial charge in [0.25, 0.3) is 5.91 Å². The van der Waals surface area contributed by atoms with Crippen LogP contribution in [0.25, 0.3) is 0 Å². The maximum absolute atomic E-state index is 11.9. The molecule has 100 valence electrons. The number of carbonyl (C=O) groups is 1. The summed E-state index contributed by atoms with van der Waals surface area (Å²) in [6.07, 6.45) is -5.34. The number of hydrogen-bond acceptors (Lipinski definition) is 3. The number of nitrogen functional groups attached to an aromatic ring is 1. The van der Waals surface area contributed by atoms with E-state index in [-0.39, 0.29) is 24.3 Å². The topological polar surface area (TPSA) is 78.3 Å². The lowest BCUT2D eigenvalue weighted by molar-refractivity contribution is -0.136. The number of alkyl halides is 3. The number of hydrogen-bond donors (Lipinski definition) is 2. The van der Waals surface area contributed by atoms with Crippen molar-refractivity contribution in [3.63, 3.8) is 0 Å². The van der Waals surface area contributed by atoms with Gasteiger partial charge in [0.1, 0.15) is 5.75 Å². The van der Waals surface area contributed by atoms with E-state index in [2.05, 4.69) is 0 Å². The highest BCUT2D eigenvalue weighted by Gasteiger charge is 2.26. The van der Waals surface area contributed by atoms with Gasteiger partial charge in [0.05, 0.1) is 12.2 Å². The summed E-state index contributed by atoms with van der Waals surface area (Å²) < 4.78 is 40.8. The molecule has 1 amide bonds. The van der Waals surface area contributed by atoms with Crippen LogP contribution in [0.15, 0.2) is 18.2 Å². The highest BCUT2D eigenvalue weighted by molar-refractivity contribution is 5.96. The van der Waals surface area contributed by atoms with E-state index in [1.54, 1.807) is 0 Å². The summed E-state index contributed by atoms with van der Waals surface area (Å²) in [4.78, 5) is 11.1. The van der Waals surface area contributed by atoms with Crippen molar-refractivity contribution in [3.05, 3.63) is 23.8 Å². The van der Waals surface area contributed by atoms with Crippen molar-refractivity contribution in [2.45, 2.75) is 19.0 Å². The molecule has 1 aromatic carbocycles. The number of halogens is 3.